The Hall–Kier alpha value is -2.49. The van der Waals surface area contributed by atoms with Gasteiger partial charge in [0.1, 0.15) is 17.2 Å². The van der Waals surface area contributed by atoms with Crippen molar-refractivity contribution in [3.8, 4) is 17.2 Å². The Morgan fingerprint density at radius 2 is 1.74 bits per heavy atom. The van der Waals surface area contributed by atoms with E-state index < -0.39 is 0 Å². The van der Waals surface area contributed by atoms with E-state index in [-0.39, 0.29) is 11.7 Å². The monoisotopic (exact) mass is 365 g/mol. The van der Waals surface area contributed by atoms with E-state index in [1.165, 1.54) is 25.7 Å². The molecule has 1 aliphatic heterocycles. The molecule has 1 aliphatic carbocycles. The van der Waals surface area contributed by atoms with Gasteiger partial charge in [0.25, 0.3) is 5.91 Å². The number of phenols is 1. The first-order valence-corrected chi connectivity index (χ1v) is 10.00. The number of hydrogen-bond donors (Lipinski definition) is 1. The maximum atomic E-state index is 13.2. The highest BCUT2D eigenvalue weighted by Gasteiger charge is 2.36. The first-order chi connectivity index (χ1) is 13.1. The van der Waals surface area contributed by atoms with E-state index >= 15 is 0 Å². The second-order valence-electron chi connectivity index (χ2n) is 7.88. The zero-order valence-corrected chi connectivity index (χ0v) is 15.9. The topological polar surface area (TPSA) is 49.8 Å². The minimum atomic E-state index is 0.0104. The molecule has 0 radical (unpaired) electrons. The third-order valence-electron chi connectivity index (χ3n) is 5.90. The number of amides is 1. The predicted octanol–water partition coefficient (Wildman–Crippen LogP) is 5.29. The van der Waals surface area contributed by atoms with Gasteiger partial charge in [-0.3, -0.25) is 4.79 Å². The van der Waals surface area contributed by atoms with Crippen molar-refractivity contribution in [1.29, 1.82) is 0 Å². The van der Waals surface area contributed by atoms with E-state index in [4.69, 9.17) is 4.74 Å². The number of carbonyl (C=O) groups is 1. The summed E-state index contributed by atoms with van der Waals surface area (Å²) in [6, 6.07) is 12.9. The van der Waals surface area contributed by atoms with Crippen LogP contribution in [0.1, 0.15) is 54.4 Å². The van der Waals surface area contributed by atoms with Gasteiger partial charge in [-0.15, -0.1) is 0 Å². The molecule has 0 aromatic heterocycles. The lowest BCUT2D eigenvalue weighted by Gasteiger charge is -2.44. The molecule has 142 valence electrons. The fraction of sp³-hybridized carbons (Fsp3) is 0.435. The summed E-state index contributed by atoms with van der Waals surface area (Å²) in [6.45, 7) is 2.83. The van der Waals surface area contributed by atoms with Gasteiger partial charge in [-0.2, -0.15) is 0 Å². The second kappa shape index (κ2) is 7.63. The Labute approximate surface area is 160 Å². The highest BCUT2D eigenvalue weighted by Crippen LogP contribution is 2.36. The molecule has 1 saturated carbocycles. The van der Waals surface area contributed by atoms with Gasteiger partial charge >= 0.3 is 0 Å². The molecule has 27 heavy (non-hydrogen) atoms. The molecular weight excluding hydrogens is 338 g/mol. The average Bonchev–Trinajstić information content (AvgIpc) is 2.68. The van der Waals surface area contributed by atoms with Crippen LogP contribution in [0.25, 0.3) is 0 Å². The number of piperidine rings is 1. The van der Waals surface area contributed by atoms with Crippen LogP contribution in [0.2, 0.25) is 0 Å². The smallest absolute Gasteiger partial charge is 0.254 e. The average molecular weight is 365 g/mol. The van der Waals surface area contributed by atoms with Crippen LogP contribution >= 0.6 is 0 Å². The summed E-state index contributed by atoms with van der Waals surface area (Å²) in [5, 5.41) is 10.1. The molecule has 1 heterocycles. The number of hydrogen-bond acceptors (Lipinski definition) is 3. The van der Waals surface area contributed by atoms with E-state index in [9.17, 15) is 9.90 Å². The van der Waals surface area contributed by atoms with Gasteiger partial charge in [0.2, 0.25) is 0 Å². The lowest BCUT2D eigenvalue weighted by molar-refractivity contribution is 0.0390. The van der Waals surface area contributed by atoms with Crippen LogP contribution in [0.5, 0.6) is 17.2 Å². The maximum Gasteiger partial charge on any atom is 0.254 e. The molecule has 2 atom stereocenters. The van der Waals surface area contributed by atoms with Crippen LogP contribution in [0.3, 0.4) is 0 Å². The fourth-order valence-corrected chi connectivity index (χ4v) is 4.55. The Kier molecular flexibility index (Phi) is 5.06. The number of rotatable bonds is 3. The zero-order chi connectivity index (χ0) is 18.8. The first-order valence-electron chi connectivity index (χ1n) is 10.00. The predicted molar refractivity (Wildman–Crippen MR) is 105 cm³/mol. The van der Waals surface area contributed by atoms with Crippen molar-refractivity contribution in [1.82, 2.24) is 4.90 Å². The molecule has 4 heteroatoms. The number of carbonyl (C=O) groups excluding carboxylic acids is 1. The minimum Gasteiger partial charge on any atom is -0.508 e. The number of aryl methyl sites for hydroxylation is 1. The summed E-state index contributed by atoms with van der Waals surface area (Å²) in [5.74, 6) is 1.88. The summed E-state index contributed by atoms with van der Waals surface area (Å²) < 4.78 is 5.87. The lowest BCUT2D eigenvalue weighted by atomic mass is 9.78. The van der Waals surface area contributed by atoms with E-state index in [0.29, 0.717) is 29.0 Å². The van der Waals surface area contributed by atoms with Crippen molar-refractivity contribution in [3.05, 3.63) is 53.6 Å². The summed E-state index contributed by atoms with van der Waals surface area (Å²) in [5.41, 5.74) is 1.66. The summed E-state index contributed by atoms with van der Waals surface area (Å²) in [4.78, 5) is 15.3. The van der Waals surface area contributed by atoms with Crippen molar-refractivity contribution in [3.63, 3.8) is 0 Å². The molecule has 4 nitrogen and oxygen atoms in total. The van der Waals surface area contributed by atoms with Crippen LogP contribution in [-0.2, 0) is 0 Å². The molecule has 4 rings (SSSR count). The molecule has 1 N–H and O–H groups in total. The second-order valence-corrected chi connectivity index (χ2v) is 7.88. The zero-order valence-electron chi connectivity index (χ0n) is 15.9. The number of ether oxygens (including phenoxy) is 1. The Balaban J connectivity index is 1.56. The maximum absolute atomic E-state index is 13.2. The molecule has 2 aromatic rings. The van der Waals surface area contributed by atoms with Gasteiger partial charge in [-0.1, -0.05) is 30.5 Å². The molecule has 0 spiro atoms. The summed E-state index contributed by atoms with van der Waals surface area (Å²) >= 11 is 0. The molecule has 2 aromatic carbocycles. The Bertz CT molecular complexity index is 813. The summed E-state index contributed by atoms with van der Waals surface area (Å²) in [7, 11) is 0. The molecular formula is C23H27NO3. The Morgan fingerprint density at radius 1 is 1.00 bits per heavy atom. The third kappa shape index (κ3) is 3.95. The largest absolute Gasteiger partial charge is 0.508 e. The highest BCUT2D eigenvalue weighted by atomic mass is 16.5. The molecule has 2 aliphatic rings. The van der Waals surface area contributed by atoms with Gasteiger partial charge in [0.05, 0.1) is 0 Å². The van der Waals surface area contributed by atoms with E-state index in [1.54, 1.807) is 18.2 Å². The van der Waals surface area contributed by atoms with Crippen molar-refractivity contribution >= 4 is 5.91 Å². The summed E-state index contributed by atoms with van der Waals surface area (Å²) in [6.07, 6.45) is 7.11. The molecule has 0 bridgehead atoms. The van der Waals surface area contributed by atoms with Crippen LogP contribution in [0, 0.1) is 12.8 Å². The lowest BCUT2D eigenvalue weighted by Crippen LogP contribution is -2.49. The SMILES string of the molecule is Cc1ccc(Oc2cc(O)cc(C(=O)N3CCCC4CCCCC43)c2)cc1. The van der Waals surface area contributed by atoms with Gasteiger partial charge in [-0.25, -0.2) is 0 Å². The van der Waals surface area contributed by atoms with E-state index in [1.807, 2.05) is 36.1 Å². The number of fused-ring (bicyclic) bond motifs is 1. The highest BCUT2D eigenvalue weighted by molar-refractivity contribution is 5.95. The fourth-order valence-electron chi connectivity index (χ4n) is 4.55. The third-order valence-corrected chi connectivity index (χ3v) is 5.90. The number of phenolic OH excluding ortho intramolecular Hbond substituents is 1. The van der Waals surface area contributed by atoms with Gasteiger partial charge in [0, 0.05) is 24.2 Å². The van der Waals surface area contributed by atoms with E-state index in [0.717, 1.165) is 24.9 Å². The minimum absolute atomic E-state index is 0.0104. The molecule has 2 fully saturated rings. The van der Waals surface area contributed by atoms with Crippen LogP contribution < -0.4 is 4.74 Å². The number of nitrogens with zero attached hydrogens (tertiary/aromatic N) is 1. The number of likely N-dealkylation sites (tertiary alicyclic amines) is 1. The van der Waals surface area contributed by atoms with Gasteiger partial charge < -0.3 is 14.7 Å². The van der Waals surface area contributed by atoms with Crippen molar-refractivity contribution in [2.24, 2.45) is 5.92 Å². The van der Waals surface area contributed by atoms with Crippen molar-refractivity contribution < 1.29 is 14.6 Å². The number of benzene rings is 2. The van der Waals surface area contributed by atoms with E-state index in [2.05, 4.69) is 0 Å². The molecule has 2 unspecified atom stereocenters. The molecule has 1 amide bonds. The quantitative estimate of drug-likeness (QED) is 0.804. The van der Waals surface area contributed by atoms with Crippen molar-refractivity contribution in [2.45, 2.75) is 51.5 Å². The van der Waals surface area contributed by atoms with Gasteiger partial charge in [-0.05, 0) is 62.8 Å². The van der Waals surface area contributed by atoms with Crippen LogP contribution in [-0.4, -0.2) is 28.5 Å². The van der Waals surface area contributed by atoms with Crippen molar-refractivity contribution in [2.75, 3.05) is 6.54 Å². The van der Waals surface area contributed by atoms with Crippen LogP contribution in [0.15, 0.2) is 42.5 Å². The Morgan fingerprint density at radius 3 is 2.56 bits per heavy atom. The van der Waals surface area contributed by atoms with Gasteiger partial charge in [0.15, 0.2) is 0 Å². The first kappa shape index (κ1) is 17.9. The number of aromatic hydroxyl groups is 1. The standard InChI is InChI=1S/C23H27NO3/c1-16-8-10-20(11-9-16)27-21-14-18(13-19(25)15-21)23(26)24-12-4-6-17-5-2-3-7-22(17)24/h8-11,13-15,17,22,25H,2-7,12H2,1H3. The van der Waals surface area contributed by atoms with Crippen LogP contribution in [0.4, 0.5) is 0 Å². The normalized spacial score (nSPS) is 22.2. The molecule has 1 saturated heterocycles.